The Kier molecular flexibility index (Phi) is 4.99. The molecule has 0 bridgehead atoms. The van der Waals surface area contributed by atoms with Crippen molar-refractivity contribution in [2.45, 2.75) is 45.3 Å². The highest BCUT2D eigenvalue weighted by Gasteiger charge is 2.15. The number of nitrogens with one attached hydrogen (secondary N) is 1. The lowest BCUT2D eigenvalue weighted by atomic mass is 10.1. The van der Waals surface area contributed by atoms with E-state index >= 15 is 0 Å². The van der Waals surface area contributed by atoms with Crippen molar-refractivity contribution >= 4 is 5.97 Å². The van der Waals surface area contributed by atoms with Crippen LogP contribution in [0.25, 0.3) is 0 Å². The molecule has 2 N–H and O–H groups in total. The molecular weight excluding hydrogens is 246 g/mol. The molecule has 106 valence electrons. The smallest absolute Gasteiger partial charge is 0.372 e. The van der Waals surface area contributed by atoms with E-state index in [2.05, 4.69) is 5.32 Å². The van der Waals surface area contributed by atoms with Gasteiger partial charge in [0.15, 0.2) is 0 Å². The maximum Gasteiger partial charge on any atom is 0.372 e. The van der Waals surface area contributed by atoms with Gasteiger partial charge >= 0.3 is 5.97 Å². The van der Waals surface area contributed by atoms with Crippen molar-refractivity contribution in [1.82, 2.24) is 5.32 Å². The number of hydrogen-bond acceptors (Lipinski definition) is 4. The van der Waals surface area contributed by atoms with Crippen LogP contribution in [0, 0.1) is 6.92 Å². The molecule has 0 amide bonds. The third-order valence-electron chi connectivity index (χ3n) is 3.38. The second-order valence-electron chi connectivity index (χ2n) is 4.98. The number of rotatable bonds is 6. The highest BCUT2D eigenvalue weighted by atomic mass is 16.5. The average molecular weight is 267 g/mol. The van der Waals surface area contributed by atoms with Crippen LogP contribution < -0.4 is 5.32 Å². The lowest BCUT2D eigenvalue weighted by molar-refractivity contribution is 0.0115. The predicted octanol–water partition coefficient (Wildman–Crippen LogP) is 2.34. The molecule has 0 spiro atoms. The lowest BCUT2D eigenvalue weighted by Crippen LogP contribution is -2.25. The fourth-order valence-electron chi connectivity index (χ4n) is 2.36. The van der Waals surface area contributed by atoms with Gasteiger partial charge in [0.2, 0.25) is 5.76 Å². The minimum Gasteiger partial charge on any atom is -0.475 e. The van der Waals surface area contributed by atoms with E-state index in [0.717, 1.165) is 26.0 Å². The van der Waals surface area contributed by atoms with Crippen LogP contribution in [0.5, 0.6) is 0 Å². The van der Waals surface area contributed by atoms with E-state index in [4.69, 9.17) is 14.3 Å². The normalized spacial score (nSPS) is 19.5. The quantitative estimate of drug-likeness (QED) is 0.774. The largest absolute Gasteiger partial charge is 0.475 e. The van der Waals surface area contributed by atoms with Gasteiger partial charge in [-0.2, -0.15) is 0 Å². The number of aromatic carboxylic acids is 1. The topological polar surface area (TPSA) is 71.7 Å². The van der Waals surface area contributed by atoms with Crippen molar-refractivity contribution in [2.24, 2.45) is 0 Å². The number of carboxylic acids is 1. The molecule has 1 aromatic rings. The molecule has 1 atom stereocenters. The maximum absolute atomic E-state index is 10.8. The van der Waals surface area contributed by atoms with E-state index in [1.807, 2.05) is 0 Å². The van der Waals surface area contributed by atoms with Gasteiger partial charge < -0.3 is 19.6 Å². The van der Waals surface area contributed by atoms with E-state index in [1.165, 1.54) is 12.8 Å². The molecule has 0 aliphatic carbocycles. The summed E-state index contributed by atoms with van der Waals surface area (Å²) >= 11 is 0. The Bertz CT molecular complexity index is 421. The molecular formula is C14H21NO4. The predicted molar refractivity (Wildman–Crippen MR) is 70.3 cm³/mol. The summed E-state index contributed by atoms with van der Waals surface area (Å²) in [5, 5.41) is 12.2. The Morgan fingerprint density at radius 3 is 3.00 bits per heavy atom. The van der Waals surface area contributed by atoms with Gasteiger partial charge in [0.1, 0.15) is 5.76 Å². The molecule has 0 saturated carbocycles. The number of carboxylic acid groups (broad SMARTS) is 1. The summed E-state index contributed by atoms with van der Waals surface area (Å²) in [5.41, 5.74) is 0.667. The van der Waals surface area contributed by atoms with E-state index < -0.39 is 5.97 Å². The van der Waals surface area contributed by atoms with Gasteiger partial charge in [-0.3, -0.25) is 0 Å². The standard InChI is InChI=1S/C14H21NO4/c1-10-8-12(19-13(10)14(16)17)9-15-6-5-11-4-2-3-7-18-11/h8,11,15H,2-7,9H2,1H3,(H,16,17). The van der Waals surface area contributed by atoms with Crippen LogP contribution in [0.3, 0.4) is 0 Å². The lowest BCUT2D eigenvalue weighted by Gasteiger charge is -2.22. The summed E-state index contributed by atoms with van der Waals surface area (Å²) < 4.78 is 10.9. The first-order valence-corrected chi connectivity index (χ1v) is 6.81. The van der Waals surface area contributed by atoms with Gasteiger partial charge in [-0.25, -0.2) is 4.79 Å². The van der Waals surface area contributed by atoms with Gasteiger partial charge in [-0.15, -0.1) is 0 Å². The van der Waals surface area contributed by atoms with Crippen molar-refractivity contribution in [2.75, 3.05) is 13.2 Å². The summed E-state index contributed by atoms with van der Waals surface area (Å²) in [6.45, 7) is 4.03. The second-order valence-corrected chi connectivity index (χ2v) is 4.98. The van der Waals surface area contributed by atoms with E-state index in [0.29, 0.717) is 24.0 Å². The molecule has 1 saturated heterocycles. The third kappa shape index (κ3) is 4.08. The molecule has 5 heteroatoms. The summed E-state index contributed by atoms with van der Waals surface area (Å²) in [6.07, 6.45) is 4.93. The van der Waals surface area contributed by atoms with Crippen LogP contribution in [0.4, 0.5) is 0 Å². The highest BCUT2D eigenvalue weighted by Crippen LogP contribution is 2.16. The van der Waals surface area contributed by atoms with Gasteiger partial charge in [0.25, 0.3) is 0 Å². The fraction of sp³-hybridized carbons (Fsp3) is 0.643. The van der Waals surface area contributed by atoms with Crippen molar-refractivity contribution in [1.29, 1.82) is 0 Å². The van der Waals surface area contributed by atoms with Crippen molar-refractivity contribution in [3.8, 4) is 0 Å². The summed E-state index contributed by atoms with van der Waals surface area (Å²) in [5.74, 6) is -0.314. The van der Waals surface area contributed by atoms with Crippen molar-refractivity contribution in [3.05, 3.63) is 23.2 Å². The van der Waals surface area contributed by atoms with E-state index in [1.54, 1.807) is 13.0 Å². The molecule has 1 aliphatic rings. The molecule has 2 heterocycles. The third-order valence-corrected chi connectivity index (χ3v) is 3.38. The number of carbonyl (C=O) groups is 1. The fourth-order valence-corrected chi connectivity index (χ4v) is 2.36. The van der Waals surface area contributed by atoms with Crippen LogP contribution in [0.2, 0.25) is 0 Å². The molecule has 0 radical (unpaired) electrons. The minimum absolute atomic E-state index is 0.0346. The summed E-state index contributed by atoms with van der Waals surface area (Å²) in [6, 6.07) is 1.77. The minimum atomic E-state index is -1.01. The zero-order chi connectivity index (χ0) is 13.7. The SMILES string of the molecule is Cc1cc(CNCCC2CCCCO2)oc1C(=O)O. The molecule has 5 nitrogen and oxygen atoms in total. The summed E-state index contributed by atoms with van der Waals surface area (Å²) in [4.78, 5) is 10.8. The molecule has 1 aliphatic heterocycles. The van der Waals surface area contributed by atoms with Gasteiger partial charge in [0, 0.05) is 12.2 Å². The number of aryl methyl sites for hydroxylation is 1. The Labute approximate surface area is 112 Å². The molecule has 0 aromatic carbocycles. The first kappa shape index (κ1) is 14.1. The zero-order valence-electron chi connectivity index (χ0n) is 11.3. The number of hydrogen-bond donors (Lipinski definition) is 2. The van der Waals surface area contributed by atoms with Crippen LogP contribution in [0.15, 0.2) is 10.5 Å². The Hall–Kier alpha value is -1.33. The van der Waals surface area contributed by atoms with Gasteiger partial charge in [-0.05, 0) is 45.2 Å². The van der Waals surface area contributed by atoms with Crippen LogP contribution >= 0.6 is 0 Å². The van der Waals surface area contributed by atoms with E-state index in [-0.39, 0.29) is 5.76 Å². The Morgan fingerprint density at radius 2 is 2.37 bits per heavy atom. The molecule has 19 heavy (non-hydrogen) atoms. The molecule has 1 unspecified atom stereocenters. The zero-order valence-corrected chi connectivity index (χ0v) is 11.3. The van der Waals surface area contributed by atoms with Crippen LogP contribution in [-0.2, 0) is 11.3 Å². The van der Waals surface area contributed by atoms with Crippen molar-refractivity contribution < 1.29 is 19.1 Å². The van der Waals surface area contributed by atoms with Gasteiger partial charge in [-0.1, -0.05) is 0 Å². The van der Waals surface area contributed by atoms with E-state index in [9.17, 15) is 4.79 Å². The van der Waals surface area contributed by atoms with Crippen molar-refractivity contribution in [3.63, 3.8) is 0 Å². The van der Waals surface area contributed by atoms with Crippen LogP contribution in [0.1, 0.15) is 47.6 Å². The van der Waals surface area contributed by atoms with Crippen LogP contribution in [-0.4, -0.2) is 30.3 Å². The molecule has 1 fully saturated rings. The highest BCUT2D eigenvalue weighted by molar-refractivity contribution is 5.86. The maximum atomic E-state index is 10.8. The Morgan fingerprint density at radius 1 is 1.53 bits per heavy atom. The second kappa shape index (κ2) is 6.73. The average Bonchev–Trinajstić information content (AvgIpc) is 2.77. The summed E-state index contributed by atoms with van der Waals surface area (Å²) in [7, 11) is 0. The molecule has 1 aromatic heterocycles. The number of ether oxygens (including phenoxy) is 1. The number of furan rings is 1. The molecule has 2 rings (SSSR count). The monoisotopic (exact) mass is 267 g/mol. The Balaban J connectivity index is 1.70. The first-order chi connectivity index (χ1) is 9.16. The van der Waals surface area contributed by atoms with Gasteiger partial charge in [0.05, 0.1) is 12.6 Å². The first-order valence-electron chi connectivity index (χ1n) is 6.81.